The first-order valence-electron chi connectivity index (χ1n) is 5.80. The summed E-state index contributed by atoms with van der Waals surface area (Å²) in [6.07, 6.45) is 1.61. The maximum absolute atomic E-state index is 12.0. The average Bonchev–Trinajstić information content (AvgIpc) is 2.46. The Balaban J connectivity index is 2.13. The van der Waals surface area contributed by atoms with Crippen LogP contribution in [0.2, 0.25) is 0 Å². The largest absolute Gasteiger partial charge is 0.398 e. The van der Waals surface area contributed by atoms with Crippen LogP contribution in [0.1, 0.15) is 16.1 Å². The lowest BCUT2D eigenvalue weighted by atomic mass is 10.1. The van der Waals surface area contributed by atoms with Gasteiger partial charge in [0.1, 0.15) is 0 Å². The van der Waals surface area contributed by atoms with Gasteiger partial charge in [-0.3, -0.25) is 19.9 Å². The molecule has 0 aliphatic rings. The van der Waals surface area contributed by atoms with Crippen molar-refractivity contribution in [1.29, 1.82) is 0 Å². The van der Waals surface area contributed by atoms with E-state index in [2.05, 4.69) is 10.3 Å². The molecule has 0 saturated carbocycles. The molecule has 2 rings (SSSR count). The highest BCUT2D eigenvalue weighted by Gasteiger charge is 2.15. The van der Waals surface area contributed by atoms with Crippen LogP contribution in [0.3, 0.4) is 0 Å². The lowest BCUT2D eigenvalue weighted by molar-refractivity contribution is -0.384. The van der Waals surface area contributed by atoms with Crippen molar-refractivity contribution in [1.82, 2.24) is 10.3 Å². The Bertz CT molecular complexity index is 643. The molecule has 0 radical (unpaired) electrons. The minimum absolute atomic E-state index is 0.0788. The number of nitrogens with zero attached hydrogens (tertiary/aromatic N) is 2. The van der Waals surface area contributed by atoms with Gasteiger partial charge in [0, 0.05) is 24.0 Å². The van der Waals surface area contributed by atoms with Crippen molar-refractivity contribution in [2.24, 2.45) is 0 Å². The summed E-state index contributed by atoms with van der Waals surface area (Å²) in [6.45, 7) is 0.224. The van der Waals surface area contributed by atoms with Crippen LogP contribution in [0.5, 0.6) is 0 Å². The molecule has 1 aromatic carbocycles. The van der Waals surface area contributed by atoms with Gasteiger partial charge >= 0.3 is 0 Å². The van der Waals surface area contributed by atoms with Crippen molar-refractivity contribution in [2.75, 3.05) is 5.73 Å². The summed E-state index contributed by atoms with van der Waals surface area (Å²) in [7, 11) is 0. The quantitative estimate of drug-likeness (QED) is 0.497. The van der Waals surface area contributed by atoms with E-state index in [1.165, 1.54) is 12.1 Å². The van der Waals surface area contributed by atoms with Crippen LogP contribution in [0, 0.1) is 10.1 Å². The number of nitrogen functional groups attached to an aromatic ring is 1. The number of pyridine rings is 1. The summed E-state index contributed by atoms with van der Waals surface area (Å²) in [4.78, 5) is 26.1. The number of carbonyl (C=O) groups is 1. The first kappa shape index (κ1) is 13.5. The topological polar surface area (TPSA) is 111 Å². The highest BCUT2D eigenvalue weighted by Crippen LogP contribution is 2.19. The molecule has 0 spiro atoms. The first-order valence-corrected chi connectivity index (χ1v) is 5.80. The zero-order valence-electron chi connectivity index (χ0n) is 10.4. The number of nitro groups is 1. The highest BCUT2D eigenvalue weighted by atomic mass is 16.6. The Morgan fingerprint density at radius 2 is 2.15 bits per heavy atom. The molecular formula is C13H12N4O3. The molecule has 102 valence electrons. The van der Waals surface area contributed by atoms with Crippen LogP contribution < -0.4 is 11.1 Å². The average molecular weight is 272 g/mol. The first-order chi connectivity index (χ1) is 9.58. The number of amides is 1. The van der Waals surface area contributed by atoms with Crippen LogP contribution in [-0.4, -0.2) is 15.8 Å². The Kier molecular flexibility index (Phi) is 3.90. The third kappa shape index (κ3) is 3.08. The molecule has 0 aliphatic heterocycles. The zero-order valence-corrected chi connectivity index (χ0v) is 10.4. The van der Waals surface area contributed by atoms with Gasteiger partial charge in [-0.05, 0) is 18.2 Å². The molecule has 0 fully saturated rings. The van der Waals surface area contributed by atoms with Crippen LogP contribution in [-0.2, 0) is 6.54 Å². The lowest BCUT2D eigenvalue weighted by Crippen LogP contribution is -2.24. The minimum atomic E-state index is -0.574. The van der Waals surface area contributed by atoms with E-state index in [0.717, 1.165) is 6.07 Å². The van der Waals surface area contributed by atoms with Crippen molar-refractivity contribution >= 4 is 17.3 Å². The van der Waals surface area contributed by atoms with Gasteiger partial charge in [0.25, 0.3) is 11.6 Å². The number of aromatic nitrogens is 1. The molecule has 7 nitrogen and oxygen atoms in total. The van der Waals surface area contributed by atoms with E-state index >= 15 is 0 Å². The normalized spacial score (nSPS) is 10.0. The molecule has 0 unspecified atom stereocenters. The number of anilines is 1. The Morgan fingerprint density at radius 1 is 1.35 bits per heavy atom. The van der Waals surface area contributed by atoms with E-state index in [4.69, 9.17) is 5.73 Å². The standard InChI is InChI=1S/C13H12N4O3/c14-12-5-4-10(17(19)20)7-11(12)13(18)16-8-9-3-1-2-6-15-9/h1-7H,8,14H2,(H,16,18). The molecule has 1 heterocycles. The van der Waals surface area contributed by atoms with Crippen molar-refractivity contribution in [3.63, 3.8) is 0 Å². The van der Waals surface area contributed by atoms with Crippen LogP contribution in [0.4, 0.5) is 11.4 Å². The molecule has 0 aliphatic carbocycles. The van der Waals surface area contributed by atoms with E-state index in [1.807, 2.05) is 0 Å². The maximum atomic E-state index is 12.0. The van der Waals surface area contributed by atoms with Crippen LogP contribution in [0.15, 0.2) is 42.6 Å². The molecule has 2 aromatic rings. The molecule has 0 saturated heterocycles. The molecule has 7 heteroatoms. The Morgan fingerprint density at radius 3 is 2.80 bits per heavy atom. The fourth-order valence-corrected chi connectivity index (χ4v) is 1.62. The summed E-state index contributed by atoms with van der Waals surface area (Å²) in [5.41, 5.74) is 6.43. The summed E-state index contributed by atoms with van der Waals surface area (Å²) in [5, 5.41) is 13.3. The second kappa shape index (κ2) is 5.79. The third-order valence-corrected chi connectivity index (χ3v) is 2.65. The van der Waals surface area contributed by atoms with Crippen molar-refractivity contribution < 1.29 is 9.72 Å². The van der Waals surface area contributed by atoms with E-state index < -0.39 is 10.8 Å². The summed E-state index contributed by atoms with van der Waals surface area (Å²) < 4.78 is 0. The second-order valence-corrected chi connectivity index (χ2v) is 4.03. The van der Waals surface area contributed by atoms with E-state index in [1.54, 1.807) is 24.4 Å². The zero-order chi connectivity index (χ0) is 14.5. The summed E-state index contributed by atoms with van der Waals surface area (Å²) in [6, 6.07) is 9.08. The summed E-state index contributed by atoms with van der Waals surface area (Å²) in [5.74, 6) is -0.475. The smallest absolute Gasteiger partial charge is 0.270 e. The van der Waals surface area contributed by atoms with Crippen LogP contribution in [0.25, 0.3) is 0 Å². The van der Waals surface area contributed by atoms with Gasteiger partial charge in [0.15, 0.2) is 0 Å². The number of nitro benzene ring substituents is 1. The molecule has 1 amide bonds. The van der Waals surface area contributed by atoms with E-state index in [0.29, 0.717) is 5.69 Å². The maximum Gasteiger partial charge on any atom is 0.270 e. The van der Waals surface area contributed by atoms with Gasteiger partial charge in [0.2, 0.25) is 0 Å². The molecule has 3 N–H and O–H groups in total. The molecule has 1 aromatic heterocycles. The van der Waals surface area contributed by atoms with Gasteiger partial charge in [-0.1, -0.05) is 6.07 Å². The number of non-ortho nitro benzene ring substituents is 1. The molecule has 0 atom stereocenters. The number of hydrogen-bond donors (Lipinski definition) is 2. The van der Waals surface area contributed by atoms with Gasteiger partial charge in [-0.15, -0.1) is 0 Å². The Hall–Kier alpha value is -2.96. The third-order valence-electron chi connectivity index (χ3n) is 2.65. The predicted octanol–water partition coefficient (Wildman–Crippen LogP) is 1.50. The van der Waals surface area contributed by atoms with Gasteiger partial charge in [-0.2, -0.15) is 0 Å². The predicted molar refractivity (Wildman–Crippen MR) is 72.9 cm³/mol. The van der Waals surface area contributed by atoms with E-state index in [-0.39, 0.29) is 23.5 Å². The van der Waals surface area contributed by atoms with Gasteiger partial charge in [-0.25, -0.2) is 0 Å². The molecule has 0 bridgehead atoms. The fraction of sp³-hybridized carbons (Fsp3) is 0.0769. The number of nitrogens with one attached hydrogen (secondary N) is 1. The van der Waals surface area contributed by atoms with Gasteiger partial charge < -0.3 is 11.1 Å². The fourth-order valence-electron chi connectivity index (χ4n) is 1.62. The Labute approximate surface area is 114 Å². The number of nitrogens with two attached hydrogens (primary N) is 1. The second-order valence-electron chi connectivity index (χ2n) is 4.03. The number of carbonyl (C=O) groups excluding carboxylic acids is 1. The lowest BCUT2D eigenvalue weighted by Gasteiger charge is -2.07. The number of hydrogen-bond acceptors (Lipinski definition) is 5. The van der Waals surface area contributed by atoms with Crippen molar-refractivity contribution in [3.05, 3.63) is 64.0 Å². The monoisotopic (exact) mass is 272 g/mol. The van der Waals surface area contributed by atoms with E-state index in [9.17, 15) is 14.9 Å². The van der Waals surface area contributed by atoms with Gasteiger partial charge in [0.05, 0.1) is 22.7 Å². The molecular weight excluding hydrogens is 260 g/mol. The number of rotatable bonds is 4. The molecule has 20 heavy (non-hydrogen) atoms. The number of benzene rings is 1. The minimum Gasteiger partial charge on any atom is -0.398 e. The van der Waals surface area contributed by atoms with Crippen LogP contribution >= 0.6 is 0 Å². The summed E-state index contributed by atoms with van der Waals surface area (Å²) >= 11 is 0. The highest BCUT2D eigenvalue weighted by molar-refractivity contribution is 5.99. The van der Waals surface area contributed by atoms with Crippen molar-refractivity contribution in [2.45, 2.75) is 6.54 Å². The van der Waals surface area contributed by atoms with Crippen molar-refractivity contribution in [3.8, 4) is 0 Å². The SMILES string of the molecule is Nc1ccc([N+](=O)[O-])cc1C(=O)NCc1ccccn1.